The SMILES string of the molecule is O=C(OCC(=O)N1CCCc2cc([N+](=O)[O-])ccc21)c1cncc(Br)c1. The van der Waals surface area contributed by atoms with Crippen LogP contribution in [-0.4, -0.2) is 34.9 Å². The summed E-state index contributed by atoms with van der Waals surface area (Å²) < 4.78 is 5.71. The Bertz CT molecular complexity index is 886. The van der Waals surface area contributed by atoms with E-state index in [1.807, 2.05) is 0 Å². The Labute approximate surface area is 157 Å². The Morgan fingerprint density at radius 3 is 2.85 bits per heavy atom. The normalized spacial score (nSPS) is 13.0. The number of hydrogen-bond acceptors (Lipinski definition) is 6. The summed E-state index contributed by atoms with van der Waals surface area (Å²) >= 11 is 3.21. The van der Waals surface area contributed by atoms with E-state index in [1.54, 1.807) is 12.1 Å². The number of carbonyl (C=O) groups is 2. The van der Waals surface area contributed by atoms with Gasteiger partial charge in [0.25, 0.3) is 11.6 Å². The number of hydrogen-bond donors (Lipinski definition) is 0. The van der Waals surface area contributed by atoms with Crippen molar-refractivity contribution in [3.05, 3.63) is 62.4 Å². The van der Waals surface area contributed by atoms with Crippen LogP contribution in [0.3, 0.4) is 0 Å². The molecule has 2 aromatic rings. The lowest BCUT2D eigenvalue weighted by molar-refractivity contribution is -0.384. The van der Waals surface area contributed by atoms with E-state index in [0.717, 1.165) is 5.56 Å². The number of pyridine rings is 1. The highest BCUT2D eigenvalue weighted by molar-refractivity contribution is 9.10. The number of nitrogens with zero attached hydrogens (tertiary/aromatic N) is 3. The number of aromatic nitrogens is 1. The standard InChI is InChI=1S/C17H14BrN3O5/c18-13-6-12(8-19-9-13)17(23)26-10-16(22)20-5-1-2-11-7-14(21(24)25)3-4-15(11)20/h3-4,6-9H,1-2,5,10H2. The minimum Gasteiger partial charge on any atom is -0.452 e. The molecule has 1 aliphatic heterocycles. The number of rotatable bonds is 4. The van der Waals surface area contributed by atoms with Crippen LogP contribution in [-0.2, 0) is 16.0 Å². The van der Waals surface area contributed by atoms with Crippen molar-refractivity contribution in [3.8, 4) is 0 Å². The molecule has 0 N–H and O–H groups in total. The number of fused-ring (bicyclic) bond motifs is 1. The molecular weight excluding hydrogens is 406 g/mol. The van der Waals surface area contributed by atoms with Crippen molar-refractivity contribution in [2.45, 2.75) is 12.8 Å². The Kier molecular flexibility index (Phi) is 5.27. The lowest BCUT2D eigenvalue weighted by Gasteiger charge is -2.29. The van der Waals surface area contributed by atoms with Crippen molar-refractivity contribution in [2.24, 2.45) is 0 Å². The highest BCUT2D eigenvalue weighted by Gasteiger charge is 2.25. The van der Waals surface area contributed by atoms with Crippen molar-refractivity contribution < 1.29 is 19.2 Å². The lowest BCUT2D eigenvalue weighted by Crippen LogP contribution is -2.38. The second kappa shape index (κ2) is 7.61. The molecule has 1 aliphatic rings. The molecule has 0 radical (unpaired) electrons. The average Bonchev–Trinajstić information content (AvgIpc) is 2.64. The van der Waals surface area contributed by atoms with E-state index in [-0.39, 0.29) is 17.2 Å². The smallest absolute Gasteiger partial charge is 0.340 e. The van der Waals surface area contributed by atoms with Gasteiger partial charge in [0.2, 0.25) is 0 Å². The van der Waals surface area contributed by atoms with E-state index in [0.29, 0.717) is 29.5 Å². The van der Waals surface area contributed by atoms with Crippen LogP contribution in [0.5, 0.6) is 0 Å². The number of non-ortho nitro benzene ring substituents is 1. The molecule has 3 rings (SSSR count). The number of nitro benzene ring substituents is 1. The molecule has 0 fully saturated rings. The molecule has 0 saturated carbocycles. The third-order valence-electron chi connectivity index (χ3n) is 3.96. The average molecular weight is 420 g/mol. The van der Waals surface area contributed by atoms with Crippen molar-refractivity contribution in [3.63, 3.8) is 0 Å². The number of ether oxygens (including phenoxy) is 1. The van der Waals surface area contributed by atoms with Gasteiger partial charge in [0, 0.05) is 41.2 Å². The lowest BCUT2D eigenvalue weighted by atomic mass is 10.0. The van der Waals surface area contributed by atoms with Gasteiger partial charge in [-0.05, 0) is 46.5 Å². The molecule has 8 nitrogen and oxygen atoms in total. The summed E-state index contributed by atoms with van der Waals surface area (Å²) in [5, 5.41) is 10.9. The molecule has 0 saturated heterocycles. The molecule has 0 atom stereocenters. The number of nitro groups is 1. The van der Waals surface area contributed by atoms with E-state index in [4.69, 9.17) is 4.74 Å². The fourth-order valence-corrected chi connectivity index (χ4v) is 3.13. The minimum absolute atomic E-state index is 0.00775. The summed E-state index contributed by atoms with van der Waals surface area (Å²) in [5.41, 5.74) is 1.59. The van der Waals surface area contributed by atoms with Gasteiger partial charge < -0.3 is 9.64 Å². The van der Waals surface area contributed by atoms with Crippen LogP contribution in [0.25, 0.3) is 0 Å². The van der Waals surface area contributed by atoms with Crippen LogP contribution >= 0.6 is 15.9 Å². The Morgan fingerprint density at radius 2 is 2.12 bits per heavy atom. The first kappa shape index (κ1) is 18.0. The third-order valence-corrected chi connectivity index (χ3v) is 4.39. The maximum Gasteiger partial charge on any atom is 0.340 e. The Balaban J connectivity index is 1.69. The van der Waals surface area contributed by atoms with Gasteiger partial charge in [-0.25, -0.2) is 4.79 Å². The highest BCUT2D eigenvalue weighted by atomic mass is 79.9. The second-order valence-corrected chi connectivity index (χ2v) is 6.60. The number of esters is 1. The van der Waals surface area contributed by atoms with Gasteiger partial charge in [0.1, 0.15) is 0 Å². The zero-order valence-corrected chi connectivity index (χ0v) is 15.1. The molecule has 0 spiro atoms. The first-order chi connectivity index (χ1) is 12.5. The molecule has 0 unspecified atom stereocenters. The van der Waals surface area contributed by atoms with Crippen LogP contribution in [0, 0.1) is 10.1 Å². The maximum atomic E-state index is 12.5. The number of carbonyl (C=O) groups excluding carboxylic acids is 2. The second-order valence-electron chi connectivity index (χ2n) is 5.69. The van der Waals surface area contributed by atoms with Crippen LogP contribution in [0.4, 0.5) is 11.4 Å². The Morgan fingerprint density at radius 1 is 1.31 bits per heavy atom. The Hall–Kier alpha value is -2.81. The number of anilines is 1. The highest BCUT2D eigenvalue weighted by Crippen LogP contribution is 2.30. The van der Waals surface area contributed by atoms with Crippen LogP contribution in [0.15, 0.2) is 41.1 Å². The van der Waals surface area contributed by atoms with Crippen LogP contribution < -0.4 is 4.90 Å². The van der Waals surface area contributed by atoms with E-state index < -0.39 is 17.5 Å². The molecule has 134 valence electrons. The number of aryl methyl sites for hydroxylation is 1. The van der Waals surface area contributed by atoms with E-state index in [2.05, 4.69) is 20.9 Å². The molecule has 2 heterocycles. The molecule has 1 amide bonds. The first-order valence-corrected chi connectivity index (χ1v) is 8.60. The van der Waals surface area contributed by atoms with Gasteiger partial charge in [0.15, 0.2) is 6.61 Å². The summed E-state index contributed by atoms with van der Waals surface area (Å²) in [7, 11) is 0. The summed E-state index contributed by atoms with van der Waals surface area (Å²) in [6, 6.07) is 5.96. The maximum absolute atomic E-state index is 12.5. The van der Waals surface area contributed by atoms with Gasteiger partial charge in [-0.15, -0.1) is 0 Å². The fraction of sp³-hybridized carbons (Fsp3) is 0.235. The van der Waals surface area contributed by atoms with Gasteiger partial charge in [-0.2, -0.15) is 0 Å². The van der Waals surface area contributed by atoms with Crippen LogP contribution in [0.1, 0.15) is 22.3 Å². The zero-order valence-electron chi connectivity index (χ0n) is 13.6. The largest absolute Gasteiger partial charge is 0.452 e. The van der Waals surface area contributed by atoms with E-state index in [9.17, 15) is 19.7 Å². The zero-order chi connectivity index (χ0) is 18.7. The summed E-state index contributed by atoms with van der Waals surface area (Å²) in [6.45, 7) is 0.0570. The fourth-order valence-electron chi connectivity index (χ4n) is 2.77. The van der Waals surface area contributed by atoms with Crippen molar-refractivity contribution in [1.29, 1.82) is 0 Å². The van der Waals surface area contributed by atoms with E-state index in [1.165, 1.54) is 29.4 Å². The van der Waals surface area contributed by atoms with E-state index >= 15 is 0 Å². The van der Waals surface area contributed by atoms with Gasteiger partial charge in [-0.1, -0.05) is 0 Å². The first-order valence-electron chi connectivity index (χ1n) is 7.81. The molecular formula is C17H14BrN3O5. The summed E-state index contributed by atoms with van der Waals surface area (Å²) in [4.78, 5) is 40.3. The third kappa shape index (κ3) is 3.88. The molecule has 9 heteroatoms. The van der Waals surface area contributed by atoms with Crippen molar-refractivity contribution in [2.75, 3.05) is 18.1 Å². The van der Waals surface area contributed by atoms with Crippen molar-refractivity contribution in [1.82, 2.24) is 4.98 Å². The summed E-state index contributed by atoms with van der Waals surface area (Å²) in [6.07, 6.45) is 4.23. The topological polar surface area (TPSA) is 103 Å². The quantitative estimate of drug-likeness (QED) is 0.428. The monoisotopic (exact) mass is 419 g/mol. The molecule has 1 aromatic carbocycles. The molecule has 0 aliphatic carbocycles. The molecule has 0 bridgehead atoms. The van der Waals surface area contributed by atoms with Crippen LogP contribution in [0.2, 0.25) is 0 Å². The minimum atomic E-state index is -0.645. The van der Waals surface area contributed by atoms with Gasteiger partial charge in [0.05, 0.1) is 10.5 Å². The van der Waals surface area contributed by atoms with Gasteiger partial charge >= 0.3 is 5.97 Å². The summed E-state index contributed by atoms with van der Waals surface area (Å²) in [5.74, 6) is -1.02. The number of halogens is 1. The molecule has 1 aromatic heterocycles. The van der Waals surface area contributed by atoms with Crippen molar-refractivity contribution >= 4 is 39.2 Å². The number of amides is 1. The number of benzene rings is 1. The molecule has 26 heavy (non-hydrogen) atoms. The van der Waals surface area contributed by atoms with Gasteiger partial charge in [-0.3, -0.25) is 19.9 Å². The predicted molar refractivity (Wildman–Crippen MR) is 96.0 cm³/mol. The predicted octanol–water partition coefficient (Wildman–Crippen LogP) is 2.89.